The first kappa shape index (κ1) is 11.1. The topological polar surface area (TPSA) is 108 Å². The van der Waals surface area contributed by atoms with Crippen molar-refractivity contribution < 1.29 is 13.2 Å². The second-order valence-corrected chi connectivity index (χ2v) is 6.15. The first-order valence-corrected chi connectivity index (χ1v) is 6.69. The molecule has 0 aliphatic carbocycles. The van der Waals surface area contributed by atoms with Gasteiger partial charge < -0.3 is 5.73 Å². The number of nitrogens with zero attached hydrogens (tertiary/aromatic N) is 3. The maximum atomic E-state index is 11.7. The van der Waals surface area contributed by atoms with E-state index in [9.17, 15) is 13.2 Å². The number of hydrogen-bond donors (Lipinski definition) is 1. The third-order valence-corrected chi connectivity index (χ3v) is 4.47. The summed E-state index contributed by atoms with van der Waals surface area (Å²) in [5, 5.41) is 6.99. The molecule has 1 aromatic rings. The Bertz CT molecular complexity index is 507. The van der Waals surface area contributed by atoms with Crippen molar-refractivity contribution >= 4 is 21.7 Å². The third kappa shape index (κ3) is 2.21. The fourth-order valence-electron chi connectivity index (χ4n) is 1.81. The standard InChI is InChI=1S/C8H12N4O3S/c9-8-11-10-5-12(8)7(13)3-6-1-2-16(14,15)4-6/h5-6H,1-4H2,(H2,9,11). The van der Waals surface area contributed by atoms with E-state index in [0.29, 0.717) is 6.42 Å². The Labute approximate surface area is 92.6 Å². The van der Waals surface area contributed by atoms with Gasteiger partial charge in [0.05, 0.1) is 11.5 Å². The van der Waals surface area contributed by atoms with Crippen molar-refractivity contribution in [2.75, 3.05) is 17.2 Å². The third-order valence-electron chi connectivity index (χ3n) is 2.63. The van der Waals surface area contributed by atoms with E-state index in [1.165, 1.54) is 6.33 Å². The first-order valence-electron chi connectivity index (χ1n) is 4.87. The lowest BCUT2D eigenvalue weighted by Crippen LogP contribution is -2.17. The average Bonchev–Trinajstić information content (AvgIpc) is 2.72. The van der Waals surface area contributed by atoms with E-state index in [4.69, 9.17) is 5.73 Å². The summed E-state index contributed by atoms with van der Waals surface area (Å²) in [5.41, 5.74) is 5.42. The van der Waals surface area contributed by atoms with Crippen LogP contribution in [0.3, 0.4) is 0 Å². The molecule has 0 amide bonds. The Kier molecular flexibility index (Phi) is 2.66. The minimum absolute atomic E-state index is 0.0332. The molecule has 7 nitrogen and oxygen atoms in total. The number of sulfone groups is 1. The van der Waals surface area contributed by atoms with Gasteiger partial charge in [-0.3, -0.25) is 4.79 Å². The van der Waals surface area contributed by atoms with Crippen LogP contribution in [0.2, 0.25) is 0 Å². The van der Waals surface area contributed by atoms with Gasteiger partial charge >= 0.3 is 0 Å². The highest BCUT2D eigenvalue weighted by Gasteiger charge is 2.30. The number of nitrogen functional groups attached to an aromatic ring is 1. The highest BCUT2D eigenvalue weighted by molar-refractivity contribution is 7.91. The van der Waals surface area contributed by atoms with Crippen molar-refractivity contribution in [1.82, 2.24) is 14.8 Å². The van der Waals surface area contributed by atoms with E-state index in [1.807, 2.05) is 0 Å². The molecule has 0 bridgehead atoms. The lowest BCUT2D eigenvalue weighted by molar-refractivity contribution is 0.0886. The molecule has 1 aliphatic rings. The summed E-state index contributed by atoms with van der Waals surface area (Å²) in [7, 11) is -2.94. The predicted molar refractivity (Wildman–Crippen MR) is 56.4 cm³/mol. The van der Waals surface area contributed by atoms with Crippen LogP contribution in [0.15, 0.2) is 6.33 Å². The lowest BCUT2D eigenvalue weighted by atomic mass is 10.1. The van der Waals surface area contributed by atoms with Gasteiger partial charge in [-0.05, 0) is 12.3 Å². The molecule has 2 heterocycles. The zero-order valence-corrected chi connectivity index (χ0v) is 9.35. The maximum absolute atomic E-state index is 11.7. The van der Waals surface area contributed by atoms with Crippen LogP contribution in [0.25, 0.3) is 0 Å². The second kappa shape index (κ2) is 3.85. The molecule has 1 aliphatic heterocycles. The summed E-state index contributed by atoms with van der Waals surface area (Å²) in [6.07, 6.45) is 1.94. The molecule has 1 aromatic heterocycles. The van der Waals surface area contributed by atoms with Crippen molar-refractivity contribution in [2.45, 2.75) is 12.8 Å². The molecule has 0 saturated carbocycles. The number of carbonyl (C=O) groups is 1. The van der Waals surface area contributed by atoms with Crippen molar-refractivity contribution in [3.05, 3.63) is 6.33 Å². The zero-order valence-electron chi connectivity index (χ0n) is 8.54. The highest BCUT2D eigenvalue weighted by Crippen LogP contribution is 2.22. The van der Waals surface area contributed by atoms with E-state index < -0.39 is 9.84 Å². The van der Waals surface area contributed by atoms with Crippen molar-refractivity contribution in [3.63, 3.8) is 0 Å². The average molecular weight is 244 g/mol. The van der Waals surface area contributed by atoms with Crippen LogP contribution in [-0.2, 0) is 9.84 Å². The zero-order chi connectivity index (χ0) is 11.8. The lowest BCUT2D eigenvalue weighted by Gasteiger charge is -2.06. The van der Waals surface area contributed by atoms with Crippen LogP contribution in [0, 0.1) is 5.92 Å². The normalized spacial score (nSPS) is 23.4. The maximum Gasteiger partial charge on any atom is 0.235 e. The fourth-order valence-corrected chi connectivity index (χ4v) is 3.68. The number of aromatic nitrogens is 3. The number of rotatable bonds is 2. The molecular weight excluding hydrogens is 232 g/mol. The Hall–Kier alpha value is -1.44. The van der Waals surface area contributed by atoms with E-state index >= 15 is 0 Å². The molecule has 0 radical (unpaired) electrons. The number of nitrogens with two attached hydrogens (primary N) is 1. The molecule has 16 heavy (non-hydrogen) atoms. The molecule has 88 valence electrons. The van der Waals surface area contributed by atoms with Gasteiger partial charge in [-0.2, -0.15) is 0 Å². The Morgan fingerprint density at radius 2 is 2.38 bits per heavy atom. The molecule has 1 atom stereocenters. The minimum Gasteiger partial charge on any atom is -0.368 e. The van der Waals surface area contributed by atoms with E-state index in [0.717, 1.165) is 4.57 Å². The molecule has 1 saturated heterocycles. The quantitative estimate of drug-likeness (QED) is 0.738. The second-order valence-electron chi connectivity index (χ2n) is 3.93. The molecule has 8 heteroatoms. The molecule has 0 spiro atoms. The van der Waals surface area contributed by atoms with Crippen LogP contribution >= 0.6 is 0 Å². The van der Waals surface area contributed by atoms with Gasteiger partial charge in [0.25, 0.3) is 0 Å². The Balaban J connectivity index is 2.02. The van der Waals surface area contributed by atoms with Crippen LogP contribution in [0.4, 0.5) is 5.95 Å². The van der Waals surface area contributed by atoms with Gasteiger partial charge in [-0.25, -0.2) is 13.0 Å². The fraction of sp³-hybridized carbons (Fsp3) is 0.625. The van der Waals surface area contributed by atoms with E-state index in [-0.39, 0.29) is 35.7 Å². The van der Waals surface area contributed by atoms with E-state index in [1.54, 1.807) is 0 Å². The van der Waals surface area contributed by atoms with Crippen molar-refractivity contribution in [3.8, 4) is 0 Å². The molecule has 1 unspecified atom stereocenters. The van der Waals surface area contributed by atoms with Crippen LogP contribution in [0.5, 0.6) is 0 Å². The van der Waals surface area contributed by atoms with Crippen molar-refractivity contribution in [2.24, 2.45) is 5.92 Å². The van der Waals surface area contributed by atoms with Crippen LogP contribution in [0.1, 0.15) is 17.6 Å². The monoisotopic (exact) mass is 244 g/mol. The molecule has 2 N–H and O–H groups in total. The summed E-state index contributed by atoms with van der Waals surface area (Å²) in [4.78, 5) is 11.7. The molecule has 2 rings (SSSR count). The summed E-state index contributed by atoms with van der Waals surface area (Å²) in [6, 6.07) is 0. The number of hydrogen-bond acceptors (Lipinski definition) is 6. The summed E-state index contributed by atoms with van der Waals surface area (Å²) in [6.45, 7) is 0. The van der Waals surface area contributed by atoms with Crippen LogP contribution < -0.4 is 5.73 Å². The highest BCUT2D eigenvalue weighted by atomic mass is 32.2. The summed E-state index contributed by atoms with van der Waals surface area (Å²) < 4.78 is 23.6. The van der Waals surface area contributed by atoms with Gasteiger partial charge in [0.15, 0.2) is 9.84 Å². The predicted octanol–water partition coefficient (Wildman–Crippen LogP) is -0.675. The van der Waals surface area contributed by atoms with Gasteiger partial charge in [-0.15, -0.1) is 10.2 Å². The Morgan fingerprint density at radius 1 is 1.62 bits per heavy atom. The number of anilines is 1. The molecule has 0 aromatic carbocycles. The molecule has 1 fully saturated rings. The smallest absolute Gasteiger partial charge is 0.235 e. The van der Waals surface area contributed by atoms with E-state index in [2.05, 4.69) is 10.2 Å². The first-order chi connectivity index (χ1) is 7.48. The van der Waals surface area contributed by atoms with Gasteiger partial charge in [0, 0.05) is 6.42 Å². The number of carbonyl (C=O) groups excluding carboxylic acids is 1. The summed E-state index contributed by atoms with van der Waals surface area (Å²) >= 11 is 0. The van der Waals surface area contributed by atoms with Gasteiger partial charge in [-0.1, -0.05) is 0 Å². The molecular formula is C8H12N4O3S. The van der Waals surface area contributed by atoms with Gasteiger partial charge in [0.1, 0.15) is 6.33 Å². The van der Waals surface area contributed by atoms with Crippen molar-refractivity contribution in [1.29, 1.82) is 0 Å². The minimum atomic E-state index is -2.94. The van der Waals surface area contributed by atoms with Crippen LogP contribution in [-0.4, -0.2) is 40.6 Å². The SMILES string of the molecule is Nc1nncn1C(=O)CC1CCS(=O)(=O)C1. The Morgan fingerprint density at radius 3 is 2.88 bits per heavy atom. The summed E-state index contributed by atoms with van der Waals surface area (Å²) in [5.74, 6) is -0.0848. The largest absolute Gasteiger partial charge is 0.368 e. The van der Waals surface area contributed by atoms with Gasteiger partial charge in [0.2, 0.25) is 11.9 Å².